The predicted molar refractivity (Wildman–Crippen MR) is 76.6 cm³/mol. The van der Waals surface area contributed by atoms with Gasteiger partial charge in [0, 0.05) is 11.1 Å². The molecule has 0 bridgehead atoms. The molecule has 0 saturated carbocycles. The molecule has 0 spiro atoms. The SMILES string of the molecule is CC(NS(=O)(=O)c1ccc(F)cc1)c1ccccc1Cl. The van der Waals surface area contributed by atoms with Crippen LogP contribution >= 0.6 is 11.6 Å². The third kappa shape index (κ3) is 3.36. The van der Waals surface area contributed by atoms with Crippen molar-refractivity contribution in [1.82, 2.24) is 4.72 Å². The maximum atomic E-state index is 12.8. The lowest BCUT2D eigenvalue weighted by Crippen LogP contribution is -2.27. The van der Waals surface area contributed by atoms with Gasteiger partial charge in [-0.15, -0.1) is 0 Å². The minimum atomic E-state index is -3.72. The van der Waals surface area contributed by atoms with Crippen molar-refractivity contribution in [2.24, 2.45) is 0 Å². The Bertz CT molecular complexity index is 701. The van der Waals surface area contributed by atoms with E-state index in [1.807, 2.05) is 0 Å². The Morgan fingerprint density at radius 1 is 1.10 bits per heavy atom. The number of benzene rings is 2. The fraction of sp³-hybridized carbons (Fsp3) is 0.143. The van der Waals surface area contributed by atoms with Gasteiger partial charge in [-0.25, -0.2) is 17.5 Å². The maximum absolute atomic E-state index is 12.8. The number of rotatable bonds is 4. The molecule has 0 aliphatic carbocycles. The standard InChI is InChI=1S/C14H13ClFNO2S/c1-10(13-4-2-3-5-14(13)15)17-20(18,19)12-8-6-11(16)7-9-12/h2-10,17H,1H3. The van der Waals surface area contributed by atoms with Gasteiger partial charge in [0.1, 0.15) is 5.82 Å². The van der Waals surface area contributed by atoms with Crippen LogP contribution in [-0.2, 0) is 10.0 Å². The summed E-state index contributed by atoms with van der Waals surface area (Å²) in [6.07, 6.45) is 0. The smallest absolute Gasteiger partial charge is 0.207 e. The second kappa shape index (κ2) is 5.91. The van der Waals surface area contributed by atoms with E-state index < -0.39 is 21.9 Å². The first-order chi connectivity index (χ1) is 9.40. The molecule has 2 aromatic carbocycles. The minimum Gasteiger partial charge on any atom is -0.207 e. The van der Waals surface area contributed by atoms with E-state index in [0.717, 1.165) is 12.1 Å². The molecule has 1 unspecified atom stereocenters. The van der Waals surface area contributed by atoms with Crippen LogP contribution in [0.3, 0.4) is 0 Å². The molecule has 0 amide bonds. The number of halogens is 2. The summed E-state index contributed by atoms with van der Waals surface area (Å²) in [6, 6.07) is 11.2. The van der Waals surface area contributed by atoms with Gasteiger partial charge in [0.15, 0.2) is 0 Å². The van der Waals surface area contributed by atoms with Gasteiger partial charge < -0.3 is 0 Å². The van der Waals surface area contributed by atoms with E-state index in [-0.39, 0.29) is 4.90 Å². The first-order valence-corrected chi connectivity index (χ1v) is 7.78. The third-order valence-electron chi connectivity index (χ3n) is 2.83. The lowest BCUT2D eigenvalue weighted by Gasteiger charge is -2.15. The van der Waals surface area contributed by atoms with Crippen LogP contribution in [0.2, 0.25) is 5.02 Å². The van der Waals surface area contributed by atoms with Crippen molar-refractivity contribution in [2.75, 3.05) is 0 Å². The van der Waals surface area contributed by atoms with Crippen LogP contribution in [-0.4, -0.2) is 8.42 Å². The summed E-state index contributed by atoms with van der Waals surface area (Å²) in [4.78, 5) is 0.0119. The number of nitrogens with one attached hydrogen (secondary N) is 1. The molecule has 20 heavy (non-hydrogen) atoms. The summed E-state index contributed by atoms with van der Waals surface area (Å²) in [6.45, 7) is 1.70. The Labute approximate surface area is 122 Å². The molecule has 6 heteroatoms. The van der Waals surface area contributed by atoms with Crippen molar-refractivity contribution < 1.29 is 12.8 Å². The first kappa shape index (κ1) is 15.0. The monoisotopic (exact) mass is 313 g/mol. The van der Waals surface area contributed by atoms with Gasteiger partial charge >= 0.3 is 0 Å². The quantitative estimate of drug-likeness (QED) is 0.938. The highest BCUT2D eigenvalue weighted by molar-refractivity contribution is 7.89. The fourth-order valence-electron chi connectivity index (χ4n) is 1.80. The Morgan fingerprint density at radius 2 is 1.70 bits per heavy atom. The molecule has 0 saturated heterocycles. The van der Waals surface area contributed by atoms with E-state index >= 15 is 0 Å². The van der Waals surface area contributed by atoms with Crippen molar-refractivity contribution in [1.29, 1.82) is 0 Å². The zero-order valence-electron chi connectivity index (χ0n) is 10.7. The van der Waals surface area contributed by atoms with Crippen molar-refractivity contribution in [3.63, 3.8) is 0 Å². The van der Waals surface area contributed by atoms with Crippen molar-refractivity contribution in [3.05, 3.63) is 64.9 Å². The van der Waals surface area contributed by atoms with Crippen LogP contribution < -0.4 is 4.72 Å². The Balaban J connectivity index is 2.24. The largest absolute Gasteiger partial charge is 0.241 e. The highest BCUT2D eigenvalue weighted by Gasteiger charge is 2.19. The molecular weight excluding hydrogens is 301 g/mol. The van der Waals surface area contributed by atoms with Crippen LogP contribution in [0.25, 0.3) is 0 Å². The van der Waals surface area contributed by atoms with Gasteiger partial charge in [0.2, 0.25) is 10.0 Å². The molecular formula is C14H13ClFNO2S. The van der Waals surface area contributed by atoms with E-state index in [0.29, 0.717) is 10.6 Å². The Kier molecular flexibility index (Phi) is 4.42. The Hall–Kier alpha value is -1.43. The zero-order valence-corrected chi connectivity index (χ0v) is 12.2. The molecule has 0 aromatic heterocycles. The Morgan fingerprint density at radius 3 is 2.30 bits per heavy atom. The van der Waals surface area contributed by atoms with E-state index in [1.54, 1.807) is 31.2 Å². The zero-order chi connectivity index (χ0) is 14.8. The topological polar surface area (TPSA) is 46.2 Å². The molecule has 1 N–H and O–H groups in total. The summed E-state index contributed by atoms with van der Waals surface area (Å²) in [5, 5.41) is 0.488. The summed E-state index contributed by atoms with van der Waals surface area (Å²) in [7, 11) is -3.72. The lowest BCUT2D eigenvalue weighted by atomic mass is 10.1. The number of hydrogen-bond acceptors (Lipinski definition) is 2. The lowest BCUT2D eigenvalue weighted by molar-refractivity contribution is 0.566. The molecule has 1 atom stereocenters. The summed E-state index contributed by atoms with van der Waals surface area (Å²) < 4.78 is 39.7. The predicted octanol–water partition coefficient (Wildman–Crippen LogP) is 3.52. The molecule has 0 aliphatic rings. The molecule has 0 aliphatic heterocycles. The van der Waals surface area contributed by atoms with Crippen molar-refractivity contribution in [3.8, 4) is 0 Å². The first-order valence-electron chi connectivity index (χ1n) is 5.92. The molecule has 2 rings (SSSR count). The average Bonchev–Trinajstić information content (AvgIpc) is 2.39. The minimum absolute atomic E-state index is 0.0119. The van der Waals surface area contributed by atoms with Crippen molar-refractivity contribution >= 4 is 21.6 Å². The van der Waals surface area contributed by atoms with Gasteiger partial charge in [0.05, 0.1) is 4.90 Å². The summed E-state index contributed by atoms with van der Waals surface area (Å²) in [5.74, 6) is -0.483. The highest BCUT2D eigenvalue weighted by Crippen LogP contribution is 2.24. The molecule has 106 valence electrons. The van der Waals surface area contributed by atoms with Crippen LogP contribution in [0.15, 0.2) is 53.4 Å². The van der Waals surface area contributed by atoms with Crippen LogP contribution in [0.5, 0.6) is 0 Å². The van der Waals surface area contributed by atoms with E-state index in [1.165, 1.54) is 12.1 Å². The van der Waals surface area contributed by atoms with Gasteiger partial charge in [-0.05, 0) is 42.8 Å². The van der Waals surface area contributed by atoms with Crippen LogP contribution in [0.4, 0.5) is 4.39 Å². The number of sulfonamides is 1. The van der Waals surface area contributed by atoms with Gasteiger partial charge in [0.25, 0.3) is 0 Å². The molecule has 0 fully saturated rings. The van der Waals surface area contributed by atoms with Crippen LogP contribution in [0.1, 0.15) is 18.5 Å². The molecule has 2 aromatic rings. The number of hydrogen-bond donors (Lipinski definition) is 1. The van der Waals surface area contributed by atoms with Gasteiger partial charge in [-0.2, -0.15) is 0 Å². The summed E-state index contributed by atoms with van der Waals surface area (Å²) >= 11 is 6.03. The molecule has 0 heterocycles. The van der Waals surface area contributed by atoms with Gasteiger partial charge in [-0.3, -0.25) is 0 Å². The maximum Gasteiger partial charge on any atom is 0.241 e. The second-order valence-electron chi connectivity index (χ2n) is 4.32. The molecule has 0 radical (unpaired) electrons. The van der Waals surface area contributed by atoms with E-state index in [2.05, 4.69) is 4.72 Å². The normalized spacial score (nSPS) is 13.2. The summed E-state index contributed by atoms with van der Waals surface area (Å²) in [5.41, 5.74) is 0.680. The van der Waals surface area contributed by atoms with E-state index in [9.17, 15) is 12.8 Å². The average molecular weight is 314 g/mol. The van der Waals surface area contributed by atoms with Crippen molar-refractivity contribution in [2.45, 2.75) is 17.9 Å². The highest BCUT2D eigenvalue weighted by atomic mass is 35.5. The fourth-order valence-corrected chi connectivity index (χ4v) is 3.33. The second-order valence-corrected chi connectivity index (χ2v) is 6.44. The van der Waals surface area contributed by atoms with E-state index in [4.69, 9.17) is 11.6 Å². The third-order valence-corrected chi connectivity index (χ3v) is 4.73. The van der Waals surface area contributed by atoms with Crippen LogP contribution in [0, 0.1) is 5.82 Å². The van der Waals surface area contributed by atoms with Gasteiger partial charge in [-0.1, -0.05) is 29.8 Å². The molecule has 3 nitrogen and oxygen atoms in total.